The molecule has 25 heavy (non-hydrogen) atoms. The lowest BCUT2D eigenvalue weighted by atomic mass is 9.93. The summed E-state index contributed by atoms with van der Waals surface area (Å²) in [6.07, 6.45) is 0.839. The number of aliphatic hydroxyl groups is 1. The zero-order chi connectivity index (χ0) is 17.6. The Hall–Kier alpha value is -2.84. The number of rotatable bonds is 5. The summed E-state index contributed by atoms with van der Waals surface area (Å²) in [5, 5.41) is 21.4. The zero-order valence-corrected chi connectivity index (χ0v) is 14.0. The van der Waals surface area contributed by atoms with Crippen LogP contribution in [0, 0.1) is 17.2 Å². The van der Waals surface area contributed by atoms with Crippen molar-refractivity contribution >= 4 is 11.6 Å². The third-order valence-corrected chi connectivity index (χ3v) is 4.46. The van der Waals surface area contributed by atoms with E-state index in [1.54, 1.807) is 12.1 Å². The number of nitrogens with zero attached hydrogens (tertiary/aromatic N) is 2. The molecule has 2 aromatic rings. The van der Waals surface area contributed by atoms with Crippen LogP contribution >= 0.6 is 0 Å². The molecule has 3 rings (SSSR count). The average Bonchev–Trinajstić information content (AvgIpc) is 2.66. The minimum atomic E-state index is -0.0734. The number of carbonyl (C=O) groups excluding carboxylic acids is 1. The Morgan fingerprint density at radius 2 is 2.12 bits per heavy atom. The molecule has 0 bridgehead atoms. The number of nitriles is 1. The summed E-state index contributed by atoms with van der Waals surface area (Å²) >= 11 is 0. The van der Waals surface area contributed by atoms with E-state index in [0.717, 1.165) is 17.7 Å². The molecule has 2 aromatic carbocycles. The second-order valence-electron chi connectivity index (χ2n) is 6.35. The molecule has 0 fully saturated rings. The minimum Gasteiger partial charge on any atom is -0.396 e. The van der Waals surface area contributed by atoms with E-state index in [1.165, 1.54) is 5.56 Å². The summed E-state index contributed by atoms with van der Waals surface area (Å²) in [4.78, 5) is 14.4. The van der Waals surface area contributed by atoms with Crippen LogP contribution in [0.1, 0.15) is 16.7 Å². The van der Waals surface area contributed by atoms with Gasteiger partial charge in [-0.1, -0.05) is 30.3 Å². The van der Waals surface area contributed by atoms with Crippen LogP contribution in [-0.2, 0) is 17.8 Å². The molecule has 0 saturated heterocycles. The van der Waals surface area contributed by atoms with Crippen molar-refractivity contribution in [2.75, 3.05) is 24.6 Å². The van der Waals surface area contributed by atoms with Gasteiger partial charge in [-0.3, -0.25) is 4.79 Å². The predicted molar refractivity (Wildman–Crippen MR) is 95.9 cm³/mol. The summed E-state index contributed by atoms with van der Waals surface area (Å²) in [5.74, 6) is 0.0748. The van der Waals surface area contributed by atoms with Crippen molar-refractivity contribution in [1.82, 2.24) is 5.32 Å². The number of nitrogens with one attached hydrogen (secondary N) is 1. The molecule has 1 unspecified atom stereocenters. The Kier molecular flexibility index (Phi) is 5.32. The van der Waals surface area contributed by atoms with Gasteiger partial charge in [0.05, 0.1) is 18.2 Å². The van der Waals surface area contributed by atoms with Crippen molar-refractivity contribution in [3.8, 4) is 6.07 Å². The van der Waals surface area contributed by atoms with Gasteiger partial charge in [0.25, 0.3) is 0 Å². The highest BCUT2D eigenvalue weighted by molar-refractivity contribution is 5.82. The summed E-state index contributed by atoms with van der Waals surface area (Å²) in [7, 11) is 0. The molecule has 5 heteroatoms. The van der Waals surface area contributed by atoms with Gasteiger partial charge >= 0.3 is 0 Å². The number of benzene rings is 2. The van der Waals surface area contributed by atoms with Crippen LogP contribution in [0.2, 0.25) is 0 Å². The van der Waals surface area contributed by atoms with Gasteiger partial charge in [0.2, 0.25) is 5.91 Å². The van der Waals surface area contributed by atoms with Gasteiger partial charge in [0, 0.05) is 31.3 Å². The zero-order valence-electron chi connectivity index (χ0n) is 14.0. The lowest BCUT2D eigenvalue weighted by Crippen LogP contribution is -2.43. The monoisotopic (exact) mass is 335 g/mol. The number of aliphatic hydroxyl groups excluding tert-OH is 1. The standard InChI is InChI=1S/C20H21N3O2/c21-10-15-4-3-5-16(8-15)11-22-20(25)13-23-12-17(14-24)9-18-6-1-2-7-19(18)23/h1-8,17,24H,9,11-14H2,(H,22,25). The lowest BCUT2D eigenvalue weighted by molar-refractivity contribution is -0.120. The molecule has 0 radical (unpaired) electrons. The second-order valence-corrected chi connectivity index (χ2v) is 6.35. The maximum absolute atomic E-state index is 12.4. The van der Waals surface area contributed by atoms with Crippen molar-refractivity contribution in [1.29, 1.82) is 5.26 Å². The Balaban J connectivity index is 1.63. The van der Waals surface area contributed by atoms with Crippen LogP contribution < -0.4 is 10.2 Å². The first kappa shape index (κ1) is 17.0. The average molecular weight is 335 g/mol. The highest BCUT2D eigenvalue weighted by atomic mass is 16.3. The first-order valence-electron chi connectivity index (χ1n) is 8.39. The molecule has 128 valence electrons. The largest absolute Gasteiger partial charge is 0.396 e. The first-order valence-corrected chi connectivity index (χ1v) is 8.39. The van der Waals surface area contributed by atoms with Gasteiger partial charge in [0.15, 0.2) is 0 Å². The van der Waals surface area contributed by atoms with Crippen LogP contribution in [-0.4, -0.2) is 30.7 Å². The van der Waals surface area contributed by atoms with E-state index >= 15 is 0 Å². The van der Waals surface area contributed by atoms with Crippen LogP contribution in [0.4, 0.5) is 5.69 Å². The molecule has 1 aliphatic heterocycles. The number of hydrogen-bond donors (Lipinski definition) is 2. The van der Waals surface area contributed by atoms with Crippen molar-refractivity contribution in [2.45, 2.75) is 13.0 Å². The van der Waals surface area contributed by atoms with Crippen LogP contribution in [0.3, 0.4) is 0 Å². The van der Waals surface area contributed by atoms with Crippen LogP contribution in [0.25, 0.3) is 0 Å². The van der Waals surface area contributed by atoms with Crippen molar-refractivity contribution in [2.24, 2.45) is 5.92 Å². The maximum Gasteiger partial charge on any atom is 0.239 e. The lowest BCUT2D eigenvalue weighted by Gasteiger charge is -2.35. The fourth-order valence-corrected chi connectivity index (χ4v) is 3.23. The number of para-hydroxylation sites is 1. The summed E-state index contributed by atoms with van der Waals surface area (Å²) < 4.78 is 0. The molecule has 0 saturated carbocycles. The fourth-order valence-electron chi connectivity index (χ4n) is 3.23. The normalized spacial score (nSPS) is 16.0. The van der Waals surface area contributed by atoms with Gasteiger partial charge in [-0.25, -0.2) is 0 Å². The molecule has 1 amide bonds. The molecule has 5 nitrogen and oxygen atoms in total. The van der Waals surface area contributed by atoms with E-state index in [-0.39, 0.29) is 25.0 Å². The molecule has 0 spiro atoms. The predicted octanol–water partition coefficient (Wildman–Crippen LogP) is 1.85. The van der Waals surface area contributed by atoms with E-state index in [4.69, 9.17) is 5.26 Å². The Morgan fingerprint density at radius 3 is 2.92 bits per heavy atom. The second kappa shape index (κ2) is 7.82. The topological polar surface area (TPSA) is 76.4 Å². The van der Waals surface area contributed by atoms with Crippen molar-refractivity contribution in [3.05, 3.63) is 65.2 Å². The Labute approximate surface area is 147 Å². The molecular formula is C20H21N3O2. The van der Waals surface area contributed by atoms with Gasteiger partial charge in [-0.15, -0.1) is 0 Å². The molecule has 1 atom stereocenters. The highest BCUT2D eigenvalue weighted by Crippen LogP contribution is 2.29. The van der Waals surface area contributed by atoms with Gasteiger partial charge in [0.1, 0.15) is 0 Å². The van der Waals surface area contributed by atoms with E-state index in [1.807, 2.05) is 35.2 Å². The first-order chi connectivity index (χ1) is 12.2. The quantitative estimate of drug-likeness (QED) is 0.874. The van der Waals surface area contributed by atoms with E-state index in [0.29, 0.717) is 18.7 Å². The fraction of sp³-hybridized carbons (Fsp3) is 0.300. The molecule has 0 aromatic heterocycles. The Bertz CT molecular complexity index is 798. The maximum atomic E-state index is 12.4. The summed E-state index contributed by atoms with van der Waals surface area (Å²) in [6.45, 7) is 1.44. The van der Waals surface area contributed by atoms with E-state index < -0.39 is 0 Å². The van der Waals surface area contributed by atoms with E-state index in [2.05, 4.69) is 17.5 Å². The number of anilines is 1. The van der Waals surface area contributed by atoms with Crippen molar-refractivity contribution < 1.29 is 9.90 Å². The molecule has 2 N–H and O–H groups in total. The van der Waals surface area contributed by atoms with Gasteiger partial charge in [-0.05, 0) is 35.7 Å². The summed E-state index contributed by atoms with van der Waals surface area (Å²) in [5.41, 5.74) is 3.72. The van der Waals surface area contributed by atoms with Gasteiger partial charge in [-0.2, -0.15) is 5.26 Å². The van der Waals surface area contributed by atoms with Crippen LogP contribution in [0.5, 0.6) is 0 Å². The number of amides is 1. The Morgan fingerprint density at radius 1 is 1.28 bits per heavy atom. The number of hydrogen-bond acceptors (Lipinski definition) is 4. The third kappa shape index (κ3) is 4.17. The number of carbonyl (C=O) groups is 1. The summed E-state index contributed by atoms with van der Waals surface area (Å²) in [6, 6.07) is 17.3. The SMILES string of the molecule is N#Cc1cccc(CNC(=O)CN2CC(CO)Cc3ccccc32)c1. The molecule has 0 aliphatic carbocycles. The third-order valence-electron chi connectivity index (χ3n) is 4.46. The van der Waals surface area contributed by atoms with E-state index in [9.17, 15) is 9.90 Å². The molecular weight excluding hydrogens is 314 g/mol. The van der Waals surface area contributed by atoms with Gasteiger partial charge < -0.3 is 15.3 Å². The molecule has 1 aliphatic rings. The minimum absolute atomic E-state index is 0.0734. The molecule has 1 heterocycles. The van der Waals surface area contributed by atoms with Crippen LogP contribution in [0.15, 0.2) is 48.5 Å². The smallest absolute Gasteiger partial charge is 0.239 e. The highest BCUT2D eigenvalue weighted by Gasteiger charge is 2.24. The number of fused-ring (bicyclic) bond motifs is 1. The van der Waals surface area contributed by atoms with Crippen molar-refractivity contribution in [3.63, 3.8) is 0 Å².